The fourth-order valence-electron chi connectivity index (χ4n) is 4.41. The Morgan fingerprint density at radius 3 is 2.88 bits per heavy atom. The number of H-pyrrole nitrogens is 1. The van der Waals surface area contributed by atoms with Gasteiger partial charge in [-0.1, -0.05) is 6.07 Å². The van der Waals surface area contributed by atoms with E-state index in [9.17, 15) is 9.59 Å². The number of amides is 2. The van der Waals surface area contributed by atoms with Crippen molar-refractivity contribution in [1.82, 2.24) is 20.1 Å². The molecule has 4 rings (SSSR count). The maximum atomic E-state index is 12.3. The minimum atomic E-state index is -0.888. The van der Waals surface area contributed by atoms with Crippen molar-refractivity contribution in [2.24, 2.45) is 5.92 Å². The van der Waals surface area contributed by atoms with E-state index in [4.69, 9.17) is 14.6 Å². The van der Waals surface area contributed by atoms with Gasteiger partial charge in [-0.05, 0) is 37.7 Å². The van der Waals surface area contributed by atoms with Crippen LogP contribution in [0.25, 0.3) is 0 Å². The van der Waals surface area contributed by atoms with Crippen molar-refractivity contribution in [3.05, 3.63) is 35.7 Å². The molecule has 1 aliphatic heterocycles. The smallest absolute Gasteiger partial charge is 0.407 e. The van der Waals surface area contributed by atoms with E-state index in [1.165, 1.54) is 4.90 Å². The SMILES string of the molecule is COc1ccc(CC(=O)Nc2cc(C3CCC(CO[C@H]4CN(C(=O)O)[C@@H]4C)C3)[nH]n2)cn1. The number of hydrogen-bond acceptors (Lipinski definition) is 6. The van der Waals surface area contributed by atoms with E-state index in [2.05, 4.69) is 20.5 Å². The highest BCUT2D eigenvalue weighted by atomic mass is 16.5. The van der Waals surface area contributed by atoms with E-state index in [1.54, 1.807) is 19.4 Å². The molecule has 4 atom stereocenters. The average Bonchev–Trinajstić information content (AvgIpc) is 3.42. The molecule has 0 spiro atoms. The van der Waals surface area contributed by atoms with E-state index in [0.717, 1.165) is 30.5 Å². The molecule has 0 bridgehead atoms. The highest BCUT2D eigenvalue weighted by Gasteiger charge is 2.40. The fourth-order valence-corrected chi connectivity index (χ4v) is 4.41. The predicted octanol–water partition coefficient (Wildman–Crippen LogP) is 2.65. The Balaban J connectivity index is 1.21. The van der Waals surface area contributed by atoms with Crippen LogP contribution in [-0.4, -0.2) is 69.6 Å². The first-order valence-electron chi connectivity index (χ1n) is 10.9. The third-order valence-electron chi connectivity index (χ3n) is 6.42. The van der Waals surface area contributed by atoms with Crippen LogP contribution >= 0.6 is 0 Å². The van der Waals surface area contributed by atoms with Crippen molar-refractivity contribution in [3.8, 4) is 5.88 Å². The first-order valence-corrected chi connectivity index (χ1v) is 10.9. The molecule has 10 nitrogen and oxygen atoms in total. The van der Waals surface area contributed by atoms with Crippen LogP contribution in [0.3, 0.4) is 0 Å². The molecule has 2 unspecified atom stereocenters. The third-order valence-corrected chi connectivity index (χ3v) is 6.42. The molecule has 2 aromatic rings. The number of aromatic amines is 1. The van der Waals surface area contributed by atoms with Gasteiger partial charge >= 0.3 is 6.09 Å². The Morgan fingerprint density at radius 2 is 2.19 bits per heavy atom. The molecular formula is C22H29N5O5. The van der Waals surface area contributed by atoms with E-state index >= 15 is 0 Å². The molecule has 3 heterocycles. The Morgan fingerprint density at radius 1 is 1.34 bits per heavy atom. The van der Waals surface area contributed by atoms with E-state index in [1.807, 2.05) is 19.1 Å². The molecule has 3 N–H and O–H groups in total. The molecule has 10 heteroatoms. The van der Waals surface area contributed by atoms with Gasteiger partial charge < -0.3 is 24.8 Å². The third kappa shape index (κ3) is 5.01. The number of anilines is 1. The predicted molar refractivity (Wildman–Crippen MR) is 116 cm³/mol. The van der Waals surface area contributed by atoms with Crippen LogP contribution in [0.2, 0.25) is 0 Å². The fraction of sp³-hybridized carbons (Fsp3) is 0.545. The maximum Gasteiger partial charge on any atom is 0.407 e. The lowest BCUT2D eigenvalue weighted by Gasteiger charge is -2.44. The maximum absolute atomic E-state index is 12.3. The number of rotatable bonds is 8. The summed E-state index contributed by atoms with van der Waals surface area (Å²) in [7, 11) is 1.55. The highest BCUT2D eigenvalue weighted by Crippen LogP contribution is 2.38. The van der Waals surface area contributed by atoms with Crippen molar-refractivity contribution in [3.63, 3.8) is 0 Å². The summed E-state index contributed by atoms with van der Waals surface area (Å²) in [6.07, 6.45) is 4.00. The Hall–Kier alpha value is -3.14. The lowest BCUT2D eigenvalue weighted by molar-refractivity contribution is -0.115. The summed E-state index contributed by atoms with van der Waals surface area (Å²) in [6.45, 7) is 2.97. The second kappa shape index (κ2) is 9.56. The van der Waals surface area contributed by atoms with Crippen LogP contribution < -0.4 is 10.1 Å². The molecule has 1 aliphatic carbocycles. The number of hydrogen-bond donors (Lipinski definition) is 3. The summed E-state index contributed by atoms with van der Waals surface area (Å²) in [6, 6.07) is 5.35. The number of pyridine rings is 1. The number of aromatic nitrogens is 3. The summed E-state index contributed by atoms with van der Waals surface area (Å²) in [5.74, 6) is 1.66. The van der Waals surface area contributed by atoms with Crippen LogP contribution in [0.1, 0.15) is 43.4 Å². The summed E-state index contributed by atoms with van der Waals surface area (Å²) in [4.78, 5) is 28.8. The van der Waals surface area contributed by atoms with Crippen LogP contribution in [0.4, 0.5) is 10.6 Å². The van der Waals surface area contributed by atoms with Crippen LogP contribution in [0, 0.1) is 5.92 Å². The van der Waals surface area contributed by atoms with Crippen LogP contribution in [0.5, 0.6) is 5.88 Å². The summed E-state index contributed by atoms with van der Waals surface area (Å²) >= 11 is 0. The molecule has 32 heavy (non-hydrogen) atoms. The minimum Gasteiger partial charge on any atom is -0.481 e. The molecule has 2 amide bonds. The summed E-state index contributed by atoms with van der Waals surface area (Å²) < 4.78 is 11.0. The topological polar surface area (TPSA) is 130 Å². The lowest BCUT2D eigenvalue weighted by Crippen LogP contribution is -2.61. The van der Waals surface area contributed by atoms with Crippen molar-refractivity contribution >= 4 is 17.8 Å². The number of nitrogens with zero attached hydrogens (tertiary/aromatic N) is 3. The normalized spacial score (nSPS) is 24.8. The van der Waals surface area contributed by atoms with Gasteiger partial charge in [0, 0.05) is 36.5 Å². The standard InChI is InChI=1S/C22H29N5O5/c1-13-18(11-27(13)22(29)30)32-12-15-3-5-16(7-15)17-9-19(26-25-17)24-20(28)8-14-4-6-21(31-2)23-10-14/h4,6,9-10,13,15-16,18H,3,5,7-8,11-12H2,1-2H3,(H,29,30)(H2,24,25,26,28)/t13-,15?,16?,18+/m1/s1. The second-order valence-electron chi connectivity index (χ2n) is 8.57. The van der Waals surface area contributed by atoms with E-state index in [0.29, 0.717) is 36.7 Å². The summed E-state index contributed by atoms with van der Waals surface area (Å²) in [5.41, 5.74) is 1.81. The molecule has 1 saturated carbocycles. The van der Waals surface area contributed by atoms with E-state index < -0.39 is 6.09 Å². The molecule has 2 fully saturated rings. The lowest BCUT2D eigenvalue weighted by atomic mass is 10.0. The Kier molecular flexibility index (Phi) is 6.59. The molecule has 0 radical (unpaired) electrons. The van der Waals surface area contributed by atoms with Crippen molar-refractivity contribution in [2.45, 2.75) is 50.7 Å². The molecule has 2 aliphatic rings. The molecule has 1 saturated heterocycles. The number of carboxylic acid groups (broad SMARTS) is 1. The zero-order valence-electron chi connectivity index (χ0n) is 18.3. The molecule has 172 valence electrons. The number of methoxy groups -OCH3 is 1. The Bertz CT molecular complexity index is 946. The zero-order valence-corrected chi connectivity index (χ0v) is 18.3. The van der Waals surface area contributed by atoms with Crippen molar-refractivity contribution in [1.29, 1.82) is 0 Å². The number of carbonyl (C=O) groups excluding carboxylic acids is 1. The summed E-state index contributed by atoms with van der Waals surface area (Å²) in [5, 5.41) is 19.2. The van der Waals surface area contributed by atoms with Gasteiger partial charge in [-0.2, -0.15) is 5.10 Å². The first kappa shape index (κ1) is 22.1. The van der Waals surface area contributed by atoms with Crippen LogP contribution in [0.15, 0.2) is 24.4 Å². The highest BCUT2D eigenvalue weighted by molar-refractivity contribution is 5.91. The largest absolute Gasteiger partial charge is 0.481 e. The Labute approximate surface area is 186 Å². The quantitative estimate of drug-likeness (QED) is 0.572. The number of nitrogens with one attached hydrogen (secondary N) is 2. The van der Waals surface area contributed by atoms with Gasteiger partial charge in [0.2, 0.25) is 11.8 Å². The molecule has 0 aromatic carbocycles. The van der Waals surface area contributed by atoms with Gasteiger partial charge in [-0.25, -0.2) is 9.78 Å². The monoisotopic (exact) mass is 443 g/mol. The van der Waals surface area contributed by atoms with Gasteiger partial charge in [-0.15, -0.1) is 0 Å². The zero-order chi connectivity index (χ0) is 22.7. The molecule has 2 aromatic heterocycles. The van der Waals surface area contributed by atoms with Gasteiger partial charge in [0.15, 0.2) is 5.82 Å². The average molecular weight is 444 g/mol. The van der Waals surface area contributed by atoms with Gasteiger partial charge in [0.25, 0.3) is 0 Å². The van der Waals surface area contributed by atoms with Crippen molar-refractivity contribution < 1.29 is 24.2 Å². The number of carbonyl (C=O) groups is 2. The van der Waals surface area contributed by atoms with Gasteiger partial charge in [0.1, 0.15) is 0 Å². The number of likely N-dealkylation sites (tertiary alicyclic amines) is 1. The van der Waals surface area contributed by atoms with E-state index in [-0.39, 0.29) is 24.5 Å². The van der Waals surface area contributed by atoms with Gasteiger partial charge in [-0.3, -0.25) is 9.89 Å². The first-order chi connectivity index (χ1) is 15.4. The van der Waals surface area contributed by atoms with Crippen molar-refractivity contribution in [2.75, 3.05) is 25.6 Å². The second-order valence-corrected chi connectivity index (χ2v) is 8.57. The van der Waals surface area contributed by atoms with Crippen LogP contribution in [-0.2, 0) is 16.0 Å². The number of ether oxygens (including phenoxy) is 2. The minimum absolute atomic E-state index is 0.0139. The van der Waals surface area contributed by atoms with Gasteiger partial charge in [0.05, 0.1) is 32.2 Å². The molecular weight excluding hydrogens is 414 g/mol.